The first kappa shape index (κ1) is 28.7. The van der Waals surface area contributed by atoms with E-state index in [9.17, 15) is 9.59 Å². The zero-order valence-corrected chi connectivity index (χ0v) is 24.7. The molecule has 1 aliphatic rings. The van der Waals surface area contributed by atoms with E-state index in [1.807, 2.05) is 66.7 Å². The van der Waals surface area contributed by atoms with Gasteiger partial charge in [0.15, 0.2) is 0 Å². The Labute approximate surface area is 248 Å². The summed E-state index contributed by atoms with van der Waals surface area (Å²) in [6.45, 7) is 0.460. The minimum absolute atomic E-state index is 0.202. The number of benzene rings is 3. The van der Waals surface area contributed by atoms with E-state index in [1.165, 1.54) is 31.9 Å². The van der Waals surface area contributed by atoms with Crippen LogP contribution in [-0.4, -0.2) is 42.1 Å². The van der Waals surface area contributed by atoms with Gasteiger partial charge in [-0.3, -0.25) is 0 Å². The highest BCUT2D eigenvalue weighted by Gasteiger charge is 2.26. The molecule has 1 aliphatic carbocycles. The third-order valence-electron chi connectivity index (χ3n) is 7.59. The summed E-state index contributed by atoms with van der Waals surface area (Å²) in [5, 5.41) is 4.52. The molecular weight excluding hydrogens is 584 g/mol. The number of alkyl carbamates (subject to hydrolysis) is 1. The summed E-state index contributed by atoms with van der Waals surface area (Å²) in [6, 6.07) is 23.0. The fourth-order valence-electron chi connectivity index (χ4n) is 5.54. The van der Waals surface area contributed by atoms with Crippen LogP contribution < -0.4 is 10.1 Å². The standard InChI is InChI=1S/C33H35BrN2O5/c1-39-32(37)24-16-17-26-28(18-24)36-31(30(26)23-12-6-3-7-13-23)27-14-8-9-15-29(27)40-21-25(19-34)35-33(38)41-20-22-10-4-2-5-11-22/h2,4-5,8-11,14-18,23,25,36H,3,6-7,12-13,19-21H2,1H3,(H,35,38)/t25-/m1/s1. The smallest absolute Gasteiger partial charge is 0.407 e. The lowest BCUT2D eigenvalue weighted by Gasteiger charge is -2.24. The van der Waals surface area contributed by atoms with Crippen molar-refractivity contribution in [2.24, 2.45) is 0 Å². The fourth-order valence-corrected chi connectivity index (χ4v) is 5.89. The summed E-state index contributed by atoms with van der Waals surface area (Å²) >= 11 is 3.49. The van der Waals surface area contributed by atoms with E-state index in [0.717, 1.165) is 46.3 Å². The van der Waals surface area contributed by atoms with Crippen molar-refractivity contribution in [2.45, 2.75) is 50.7 Å². The number of fused-ring (bicyclic) bond motifs is 1. The number of rotatable bonds is 10. The van der Waals surface area contributed by atoms with Crippen molar-refractivity contribution in [1.82, 2.24) is 10.3 Å². The maximum Gasteiger partial charge on any atom is 0.407 e. The van der Waals surface area contributed by atoms with Crippen LogP contribution in [0.5, 0.6) is 5.75 Å². The number of carbonyl (C=O) groups is 2. The second kappa shape index (κ2) is 13.7. The highest BCUT2D eigenvalue weighted by molar-refractivity contribution is 9.09. The van der Waals surface area contributed by atoms with Gasteiger partial charge < -0.3 is 24.5 Å². The third kappa shape index (κ3) is 6.93. The molecule has 214 valence electrons. The summed E-state index contributed by atoms with van der Waals surface area (Å²) in [5.74, 6) is 0.775. The number of aromatic nitrogens is 1. The Morgan fingerprint density at radius 1 is 1.00 bits per heavy atom. The van der Waals surface area contributed by atoms with E-state index in [1.54, 1.807) is 0 Å². The van der Waals surface area contributed by atoms with Crippen LogP contribution in [0.3, 0.4) is 0 Å². The minimum atomic E-state index is -0.494. The minimum Gasteiger partial charge on any atom is -0.491 e. The highest BCUT2D eigenvalue weighted by Crippen LogP contribution is 2.44. The first-order chi connectivity index (χ1) is 20.1. The van der Waals surface area contributed by atoms with Crippen molar-refractivity contribution in [3.05, 3.63) is 89.5 Å². The van der Waals surface area contributed by atoms with Gasteiger partial charge in [-0.15, -0.1) is 0 Å². The second-order valence-electron chi connectivity index (χ2n) is 10.4. The van der Waals surface area contributed by atoms with Crippen molar-refractivity contribution in [3.63, 3.8) is 0 Å². The SMILES string of the molecule is COC(=O)c1ccc2c(C3CCCCC3)c(-c3ccccc3OC[C@@H](CBr)NC(=O)OCc3ccccc3)[nH]c2c1. The number of ether oxygens (including phenoxy) is 3. The summed E-state index contributed by atoms with van der Waals surface area (Å²) in [6.07, 6.45) is 5.43. The summed E-state index contributed by atoms with van der Waals surface area (Å²) in [7, 11) is 1.39. The quantitative estimate of drug-likeness (QED) is 0.140. The Morgan fingerprint density at radius 2 is 1.76 bits per heavy atom. The van der Waals surface area contributed by atoms with Gasteiger partial charge in [0, 0.05) is 21.8 Å². The largest absolute Gasteiger partial charge is 0.491 e. The summed E-state index contributed by atoms with van der Waals surface area (Å²) in [5.41, 5.74) is 5.57. The van der Waals surface area contributed by atoms with Crippen molar-refractivity contribution >= 4 is 38.9 Å². The number of alkyl halides is 1. The molecule has 1 fully saturated rings. The number of hydrogen-bond acceptors (Lipinski definition) is 5. The monoisotopic (exact) mass is 618 g/mol. The van der Waals surface area contributed by atoms with Gasteiger partial charge in [0.1, 0.15) is 19.0 Å². The highest BCUT2D eigenvalue weighted by atomic mass is 79.9. The zero-order chi connectivity index (χ0) is 28.6. The lowest BCUT2D eigenvalue weighted by molar-refractivity contribution is 0.0601. The van der Waals surface area contributed by atoms with E-state index in [2.05, 4.69) is 32.3 Å². The third-order valence-corrected chi connectivity index (χ3v) is 8.37. The van der Waals surface area contributed by atoms with Crippen LogP contribution in [0.1, 0.15) is 59.5 Å². The number of carbonyl (C=O) groups excluding carboxylic acids is 2. The average molecular weight is 620 g/mol. The van der Waals surface area contributed by atoms with Crippen LogP contribution in [-0.2, 0) is 16.1 Å². The van der Waals surface area contributed by atoms with Gasteiger partial charge in [-0.2, -0.15) is 0 Å². The molecule has 8 heteroatoms. The molecule has 1 heterocycles. The molecule has 1 atom stereocenters. The molecule has 0 bridgehead atoms. The lowest BCUT2D eigenvalue weighted by Crippen LogP contribution is -2.40. The molecule has 0 spiro atoms. The molecule has 2 N–H and O–H groups in total. The summed E-state index contributed by atoms with van der Waals surface area (Å²) < 4.78 is 16.7. The predicted molar refractivity (Wildman–Crippen MR) is 164 cm³/mol. The van der Waals surface area contributed by atoms with Gasteiger partial charge in [0.25, 0.3) is 0 Å². The van der Waals surface area contributed by atoms with Crippen LogP contribution >= 0.6 is 15.9 Å². The first-order valence-corrected chi connectivity index (χ1v) is 15.2. The fraction of sp³-hybridized carbons (Fsp3) is 0.333. The maximum atomic E-state index is 12.5. The Hall–Kier alpha value is -3.78. The number of methoxy groups -OCH3 is 1. The molecule has 7 nitrogen and oxygen atoms in total. The number of halogens is 1. The van der Waals surface area contributed by atoms with Crippen LogP contribution in [0.2, 0.25) is 0 Å². The number of H-pyrrole nitrogens is 1. The van der Waals surface area contributed by atoms with Crippen molar-refractivity contribution in [3.8, 4) is 17.0 Å². The van der Waals surface area contributed by atoms with Crippen molar-refractivity contribution in [2.75, 3.05) is 19.0 Å². The van der Waals surface area contributed by atoms with Gasteiger partial charge in [-0.25, -0.2) is 9.59 Å². The van der Waals surface area contributed by atoms with E-state index in [0.29, 0.717) is 16.8 Å². The summed E-state index contributed by atoms with van der Waals surface area (Å²) in [4.78, 5) is 28.3. The molecule has 4 aromatic rings. The van der Waals surface area contributed by atoms with Crippen molar-refractivity contribution in [1.29, 1.82) is 0 Å². The van der Waals surface area contributed by atoms with E-state index < -0.39 is 6.09 Å². The molecule has 1 saturated carbocycles. The molecule has 0 aliphatic heterocycles. The van der Waals surface area contributed by atoms with Crippen LogP contribution in [0, 0.1) is 0 Å². The molecule has 41 heavy (non-hydrogen) atoms. The molecule has 0 radical (unpaired) electrons. The van der Waals surface area contributed by atoms with Crippen LogP contribution in [0.15, 0.2) is 72.8 Å². The molecular formula is C33H35BrN2O5. The van der Waals surface area contributed by atoms with Crippen LogP contribution in [0.25, 0.3) is 22.2 Å². The molecule has 1 amide bonds. The Balaban J connectivity index is 1.37. The number of aromatic amines is 1. The number of hydrogen-bond donors (Lipinski definition) is 2. The second-order valence-corrected chi connectivity index (χ2v) is 11.0. The Bertz CT molecular complexity index is 1480. The van der Waals surface area contributed by atoms with Gasteiger partial charge in [-0.1, -0.05) is 83.7 Å². The Kier molecular flexibility index (Phi) is 9.62. The molecule has 0 unspecified atom stereocenters. The number of esters is 1. The van der Waals surface area contributed by atoms with Crippen molar-refractivity contribution < 1.29 is 23.8 Å². The Morgan fingerprint density at radius 3 is 2.51 bits per heavy atom. The number of nitrogens with one attached hydrogen (secondary N) is 2. The predicted octanol–water partition coefficient (Wildman–Crippen LogP) is 7.74. The lowest BCUT2D eigenvalue weighted by atomic mass is 9.81. The first-order valence-electron chi connectivity index (χ1n) is 14.1. The average Bonchev–Trinajstić information content (AvgIpc) is 3.41. The van der Waals surface area contributed by atoms with Gasteiger partial charge in [0.2, 0.25) is 0 Å². The molecule has 3 aromatic carbocycles. The number of para-hydroxylation sites is 1. The van der Waals surface area contributed by atoms with Gasteiger partial charge in [-0.05, 0) is 54.2 Å². The topological polar surface area (TPSA) is 89.7 Å². The zero-order valence-electron chi connectivity index (χ0n) is 23.2. The van der Waals surface area contributed by atoms with E-state index in [4.69, 9.17) is 14.2 Å². The van der Waals surface area contributed by atoms with Crippen LogP contribution in [0.4, 0.5) is 4.79 Å². The van der Waals surface area contributed by atoms with Gasteiger partial charge >= 0.3 is 12.1 Å². The van der Waals surface area contributed by atoms with E-state index >= 15 is 0 Å². The van der Waals surface area contributed by atoms with Gasteiger partial charge in [0.05, 0.1) is 24.4 Å². The maximum absolute atomic E-state index is 12.5. The molecule has 1 aromatic heterocycles. The molecule has 5 rings (SSSR count). The number of amides is 1. The normalized spacial score (nSPS) is 14.4. The van der Waals surface area contributed by atoms with E-state index in [-0.39, 0.29) is 25.2 Å². The molecule has 0 saturated heterocycles.